The highest BCUT2D eigenvalue weighted by Crippen LogP contribution is 2.24. The molecular formula is C20H21NO3. The molecule has 124 valence electrons. The summed E-state index contributed by atoms with van der Waals surface area (Å²) in [5, 5.41) is 18.0. The minimum absolute atomic E-state index is 0.195. The Morgan fingerprint density at radius 3 is 2.29 bits per heavy atom. The number of carbonyl (C=O) groups is 1. The average molecular weight is 323 g/mol. The van der Waals surface area contributed by atoms with E-state index < -0.39 is 11.9 Å². The molecule has 0 radical (unpaired) electrons. The van der Waals surface area contributed by atoms with Crippen molar-refractivity contribution in [1.82, 2.24) is 0 Å². The standard InChI is InChI=1S/C20H21NO3/c1-2-6-19(13-17(14-21)20(22)23)24-18-11-9-16(10-12-18)15-7-4-3-5-8-15/h3-5,7-12,17,19H,2,6,13H2,1H3,(H,22,23). The van der Waals surface area contributed by atoms with E-state index in [0.29, 0.717) is 12.2 Å². The first-order valence-corrected chi connectivity index (χ1v) is 8.08. The smallest absolute Gasteiger partial charge is 0.321 e. The Bertz CT molecular complexity index is 689. The third-order valence-electron chi connectivity index (χ3n) is 3.83. The zero-order chi connectivity index (χ0) is 17.4. The van der Waals surface area contributed by atoms with Crippen molar-refractivity contribution < 1.29 is 14.6 Å². The van der Waals surface area contributed by atoms with Crippen LogP contribution in [-0.4, -0.2) is 17.2 Å². The fourth-order valence-corrected chi connectivity index (χ4v) is 2.57. The summed E-state index contributed by atoms with van der Waals surface area (Å²) in [6.07, 6.45) is 1.50. The normalized spacial score (nSPS) is 12.8. The second-order valence-corrected chi connectivity index (χ2v) is 5.67. The van der Waals surface area contributed by atoms with E-state index >= 15 is 0 Å². The van der Waals surface area contributed by atoms with Gasteiger partial charge in [-0.25, -0.2) is 0 Å². The quantitative estimate of drug-likeness (QED) is 0.775. The number of rotatable bonds is 8. The molecule has 4 heteroatoms. The summed E-state index contributed by atoms with van der Waals surface area (Å²) in [6, 6.07) is 19.6. The minimum atomic E-state index is -1.10. The number of carboxylic acids is 1. The number of carboxylic acid groups (broad SMARTS) is 1. The van der Waals surface area contributed by atoms with Gasteiger partial charge in [-0.15, -0.1) is 0 Å². The zero-order valence-electron chi connectivity index (χ0n) is 13.7. The van der Waals surface area contributed by atoms with Crippen LogP contribution < -0.4 is 4.74 Å². The molecule has 2 aromatic carbocycles. The van der Waals surface area contributed by atoms with Gasteiger partial charge in [-0.3, -0.25) is 4.79 Å². The molecule has 0 saturated heterocycles. The van der Waals surface area contributed by atoms with Crippen LogP contribution in [0.2, 0.25) is 0 Å². The van der Waals surface area contributed by atoms with Crippen molar-refractivity contribution in [3.8, 4) is 22.9 Å². The number of ether oxygens (including phenoxy) is 1. The summed E-state index contributed by atoms with van der Waals surface area (Å²) in [5.41, 5.74) is 2.22. The minimum Gasteiger partial charge on any atom is -0.490 e. The van der Waals surface area contributed by atoms with Crippen molar-refractivity contribution >= 4 is 5.97 Å². The van der Waals surface area contributed by atoms with Gasteiger partial charge in [-0.1, -0.05) is 55.8 Å². The highest BCUT2D eigenvalue weighted by atomic mass is 16.5. The molecule has 24 heavy (non-hydrogen) atoms. The first kappa shape index (κ1) is 17.6. The lowest BCUT2D eigenvalue weighted by Crippen LogP contribution is -2.24. The largest absolute Gasteiger partial charge is 0.490 e. The Kier molecular flexibility index (Phi) is 6.39. The molecule has 4 nitrogen and oxygen atoms in total. The zero-order valence-corrected chi connectivity index (χ0v) is 13.7. The van der Waals surface area contributed by atoms with E-state index in [1.54, 1.807) is 0 Å². The van der Waals surface area contributed by atoms with E-state index in [-0.39, 0.29) is 12.5 Å². The molecule has 0 saturated carbocycles. The third kappa shape index (κ3) is 4.85. The van der Waals surface area contributed by atoms with Crippen LogP contribution >= 0.6 is 0 Å². The lowest BCUT2D eigenvalue weighted by atomic mass is 10.00. The molecule has 0 aliphatic rings. The topological polar surface area (TPSA) is 70.3 Å². The molecule has 2 rings (SSSR count). The van der Waals surface area contributed by atoms with Crippen molar-refractivity contribution in [1.29, 1.82) is 5.26 Å². The van der Waals surface area contributed by atoms with Crippen LogP contribution in [0.25, 0.3) is 11.1 Å². The van der Waals surface area contributed by atoms with Gasteiger partial charge in [-0.05, 0) is 29.7 Å². The second-order valence-electron chi connectivity index (χ2n) is 5.67. The SMILES string of the molecule is CCCC(CC(C#N)C(=O)O)Oc1ccc(-c2ccccc2)cc1. The Hall–Kier alpha value is -2.80. The second kappa shape index (κ2) is 8.73. The Morgan fingerprint density at radius 2 is 1.75 bits per heavy atom. The summed E-state index contributed by atoms with van der Waals surface area (Å²) in [5.74, 6) is -1.44. The van der Waals surface area contributed by atoms with Crippen molar-refractivity contribution in [2.45, 2.75) is 32.3 Å². The fraction of sp³-hybridized carbons (Fsp3) is 0.300. The van der Waals surface area contributed by atoms with E-state index in [2.05, 4.69) is 0 Å². The first-order valence-electron chi connectivity index (χ1n) is 8.08. The summed E-state index contributed by atoms with van der Waals surface area (Å²) in [4.78, 5) is 11.0. The molecule has 2 unspecified atom stereocenters. The third-order valence-corrected chi connectivity index (χ3v) is 3.83. The van der Waals surface area contributed by atoms with Crippen LogP contribution in [0.3, 0.4) is 0 Å². The van der Waals surface area contributed by atoms with Crippen molar-refractivity contribution in [3.05, 3.63) is 54.6 Å². The van der Waals surface area contributed by atoms with Crippen LogP contribution in [-0.2, 0) is 4.79 Å². The molecule has 2 atom stereocenters. The molecule has 0 fully saturated rings. The molecule has 0 aliphatic heterocycles. The highest BCUT2D eigenvalue weighted by molar-refractivity contribution is 5.72. The van der Waals surface area contributed by atoms with Crippen molar-refractivity contribution in [2.24, 2.45) is 5.92 Å². The number of hydrogen-bond acceptors (Lipinski definition) is 3. The number of nitriles is 1. The van der Waals surface area contributed by atoms with Crippen LogP contribution in [0, 0.1) is 17.2 Å². The number of benzene rings is 2. The van der Waals surface area contributed by atoms with Gasteiger partial charge in [0.1, 0.15) is 17.8 Å². The Labute approximate surface area is 142 Å². The van der Waals surface area contributed by atoms with Gasteiger partial charge in [0.2, 0.25) is 0 Å². The first-order chi connectivity index (χ1) is 11.6. The lowest BCUT2D eigenvalue weighted by Gasteiger charge is -2.20. The van der Waals surface area contributed by atoms with Crippen molar-refractivity contribution in [2.75, 3.05) is 0 Å². The van der Waals surface area contributed by atoms with Crippen molar-refractivity contribution in [3.63, 3.8) is 0 Å². The maximum Gasteiger partial charge on any atom is 0.321 e. The molecule has 0 aliphatic carbocycles. The maximum atomic E-state index is 11.0. The summed E-state index contributed by atoms with van der Waals surface area (Å²) in [6.45, 7) is 2.01. The van der Waals surface area contributed by atoms with E-state index in [9.17, 15) is 4.79 Å². The molecule has 0 amide bonds. The lowest BCUT2D eigenvalue weighted by molar-refractivity contribution is -0.140. The molecule has 0 spiro atoms. The monoisotopic (exact) mass is 323 g/mol. The van der Waals surface area contributed by atoms with Crippen LogP contribution in [0.1, 0.15) is 26.2 Å². The Morgan fingerprint density at radius 1 is 1.12 bits per heavy atom. The number of aliphatic carboxylic acids is 1. The average Bonchev–Trinajstić information content (AvgIpc) is 2.61. The Balaban J connectivity index is 2.07. The number of nitrogens with zero attached hydrogens (tertiary/aromatic N) is 1. The van der Waals surface area contributed by atoms with Gasteiger partial charge >= 0.3 is 5.97 Å². The van der Waals surface area contributed by atoms with Gasteiger partial charge in [0.25, 0.3) is 0 Å². The van der Waals surface area contributed by atoms with E-state index in [4.69, 9.17) is 15.1 Å². The van der Waals surface area contributed by atoms with Gasteiger partial charge in [-0.2, -0.15) is 5.26 Å². The summed E-state index contributed by atoms with van der Waals surface area (Å²) in [7, 11) is 0. The predicted octanol–water partition coefficient (Wildman–Crippen LogP) is 4.52. The molecule has 0 bridgehead atoms. The van der Waals surface area contributed by atoms with Gasteiger partial charge < -0.3 is 9.84 Å². The molecule has 0 heterocycles. The number of hydrogen-bond donors (Lipinski definition) is 1. The molecule has 0 aromatic heterocycles. The summed E-state index contributed by atoms with van der Waals surface area (Å²) < 4.78 is 5.91. The van der Waals surface area contributed by atoms with Gasteiger partial charge in [0.15, 0.2) is 0 Å². The maximum absolute atomic E-state index is 11.0. The van der Waals surface area contributed by atoms with E-state index in [0.717, 1.165) is 17.5 Å². The van der Waals surface area contributed by atoms with Crippen LogP contribution in [0.5, 0.6) is 5.75 Å². The highest BCUT2D eigenvalue weighted by Gasteiger charge is 2.23. The molecular weight excluding hydrogens is 302 g/mol. The fourth-order valence-electron chi connectivity index (χ4n) is 2.57. The van der Waals surface area contributed by atoms with Crippen LogP contribution in [0.15, 0.2) is 54.6 Å². The van der Waals surface area contributed by atoms with E-state index in [1.165, 1.54) is 0 Å². The van der Waals surface area contributed by atoms with E-state index in [1.807, 2.05) is 67.6 Å². The molecule has 1 N–H and O–H groups in total. The summed E-state index contributed by atoms with van der Waals surface area (Å²) >= 11 is 0. The molecule has 2 aromatic rings. The van der Waals surface area contributed by atoms with Gasteiger partial charge in [0, 0.05) is 6.42 Å². The van der Waals surface area contributed by atoms with Crippen LogP contribution in [0.4, 0.5) is 0 Å². The van der Waals surface area contributed by atoms with Gasteiger partial charge in [0.05, 0.1) is 6.07 Å². The predicted molar refractivity (Wildman–Crippen MR) is 92.6 cm³/mol.